The second kappa shape index (κ2) is 5.88. The van der Waals surface area contributed by atoms with Gasteiger partial charge in [-0.2, -0.15) is 0 Å². The summed E-state index contributed by atoms with van der Waals surface area (Å²) >= 11 is 0. The van der Waals surface area contributed by atoms with Crippen molar-refractivity contribution in [2.24, 2.45) is 0 Å². The Labute approximate surface area is 111 Å². The monoisotopic (exact) mass is 266 g/mol. The van der Waals surface area contributed by atoms with Crippen LogP contribution < -0.4 is 10.1 Å². The van der Waals surface area contributed by atoms with Crippen LogP contribution in [0.3, 0.4) is 0 Å². The first kappa shape index (κ1) is 13.6. The summed E-state index contributed by atoms with van der Waals surface area (Å²) in [5, 5.41) is 24.0. The number of benzene rings is 1. The molecule has 0 aliphatic carbocycles. The Bertz CT molecular complexity index is 470. The molecule has 1 aromatic rings. The van der Waals surface area contributed by atoms with Gasteiger partial charge in [0.1, 0.15) is 0 Å². The molecule has 104 valence electrons. The minimum absolute atomic E-state index is 0.153. The molecule has 19 heavy (non-hydrogen) atoms. The Balaban J connectivity index is 2.24. The lowest BCUT2D eigenvalue weighted by molar-refractivity contribution is -0.386. The van der Waals surface area contributed by atoms with E-state index in [4.69, 9.17) is 4.74 Å². The Morgan fingerprint density at radius 3 is 2.89 bits per heavy atom. The molecule has 1 aliphatic rings. The summed E-state index contributed by atoms with van der Waals surface area (Å²) in [5.74, 6) is -0.257. The number of ether oxygens (including phenoxy) is 1. The molecule has 1 fully saturated rings. The normalized spacial score (nSPS) is 19.1. The summed E-state index contributed by atoms with van der Waals surface area (Å²) < 4.78 is 4.99. The molecule has 1 atom stereocenters. The SMILES string of the molecule is COc1cc(CC2CCCCN2)cc([N+](=O)[O-])c1O. The number of nitrogens with one attached hydrogen (secondary N) is 1. The molecule has 0 saturated carbocycles. The van der Waals surface area contributed by atoms with E-state index in [1.54, 1.807) is 6.07 Å². The first-order valence-electron chi connectivity index (χ1n) is 6.39. The molecule has 1 saturated heterocycles. The van der Waals surface area contributed by atoms with Crippen LogP contribution in [0.4, 0.5) is 5.69 Å². The van der Waals surface area contributed by atoms with Gasteiger partial charge in [0.2, 0.25) is 5.75 Å². The first-order valence-corrected chi connectivity index (χ1v) is 6.39. The number of nitro benzene ring substituents is 1. The molecule has 1 aromatic carbocycles. The number of methoxy groups -OCH3 is 1. The van der Waals surface area contributed by atoms with Crippen molar-refractivity contribution in [3.63, 3.8) is 0 Å². The fourth-order valence-corrected chi connectivity index (χ4v) is 2.44. The number of piperidine rings is 1. The molecule has 2 rings (SSSR count). The van der Waals surface area contributed by atoms with Gasteiger partial charge >= 0.3 is 5.69 Å². The van der Waals surface area contributed by atoms with Gasteiger partial charge in [0.05, 0.1) is 12.0 Å². The van der Waals surface area contributed by atoms with Gasteiger partial charge in [-0.3, -0.25) is 10.1 Å². The van der Waals surface area contributed by atoms with Gasteiger partial charge < -0.3 is 15.2 Å². The maximum atomic E-state index is 10.9. The second-order valence-corrected chi connectivity index (χ2v) is 4.77. The largest absolute Gasteiger partial charge is 0.500 e. The molecule has 1 unspecified atom stereocenters. The van der Waals surface area contributed by atoms with Gasteiger partial charge in [0.15, 0.2) is 5.75 Å². The van der Waals surface area contributed by atoms with E-state index in [9.17, 15) is 15.2 Å². The van der Waals surface area contributed by atoms with E-state index in [0.717, 1.165) is 18.5 Å². The van der Waals surface area contributed by atoms with Crippen LogP contribution in [0.2, 0.25) is 0 Å². The molecule has 0 spiro atoms. The highest BCUT2D eigenvalue weighted by Gasteiger charge is 2.21. The van der Waals surface area contributed by atoms with E-state index >= 15 is 0 Å². The van der Waals surface area contributed by atoms with Crippen molar-refractivity contribution in [3.05, 3.63) is 27.8 Å². The van der Waals surface area contributed by atoms with E-state index in [1.165, 1.54) is 26.0 Å². The number of rotatable bonds is 4. The topological polar surface area (TPSA) is 84.6 Å². The van der Waals surface area contributed by atoms with Crippen LogP contribution >= 0.6 is 0 Å². The minimum atomic E-state index is -0.588. The summed E-state index contributed by atoms with van der Waals surface area (Å²) in [6, 6.07) is 3.43. The van der Waals surface area contributed by atoms with Crippen LogP contribution in [0.15, 0.2) is 12.1 Å². The lowest BCUT2D eigenvalue weighted by Crippen LogP contribution is -2.35. The quantitative estimate of drug-likeness (QED) is 0.643. The number of hydrogen-bond acceptors (Lipinski definition) is 5. The molecule has 0 aromatic heterocycles. The van der Waals surface area contributed by atoms with Crippen molar-refractivity contribution in [1.29, 1.82) is 0 Å². The van der Waals surface area contributed by atoms with Gasteiger partial charge in [0, 0.05) is 12.1 Å². The van der Waals surface area contributed by atoms with Crippen LogP contribution in [0.25, 0.3) is 0 Å². The first-order chi connectivity index (χ1) is 9.11. The zero-order valence-corrected chi connectivity index (χ0v) is 10.9. The molecule has 0 amide bonds. The molecule has 1 heterocycles. The van der Waals surface area contributed by atoms with E-state index < -0.39 is 10.7 Å². The van der Waals surface area contributed by atoms with Gasteiger partial charge in [-0.05, 0) is 37.4 Å². The third-order valence-electron chi connectivity index (χ3n) is 3.43. The minimum Gasteiger partial charge on any atom is -0.500 e. The van der Waals surface area contributed by atoms with Gasteiger partial charge in [0.25, 0.3) is 0 Å². The van der Waals surface area contributed by atoms with E-state index in [0.29, 0.717) is 12.5 Å². The van der Waals surface area contributed by atoms with Crippen molar-refractivity contribution in [1.82, 2.24) is 5.32 Å². The molecule has 0 bridgehead atoms. The van der Waals surface area contributed by atoms with Crippen LogP contribution in [0.1, 0.15) is 24.8 Å². The highest BCUT2D eigenvalue weighted by Crippen LogP contribution is 2.37. The van der Waals surface area contributed by atoms with Crippen molar-refractivity contribution in [2.75, 3.05) is 13.7 Å². The van der Waals surface area contributed by atoms with Gasteiger partial charge in [-0.15, -0.1) is 0 Å². The molecular formula is C13H18N2O4. The highest BCUT2D eigenvalue weighted by atomic mass is 16.6. The van der Waals surface area contributed by atoms with Crippen LogP contribution in [0.5, 0.6) is 11.5 Å². The van der Waals surface area contributed by atoms with E-state index in [1.807, 2.05) is 0 Å². The molecule has 0 radical (unpaired) electrons. The number of nitro groups is 1. The van der Waals surface area contributed by atoms with E-state index in [-0.39, 0.29) is 11.4 Å². The number of nitrogens with zero attached hydrogens (tertiary/aromatic N) is 1. The molecular weight excluding hydrogens is 248 g/mol. The van der Waals surface area contributed by atoms with Crippen molar-refractivity contribution >= 4 is 5.69 Å². The standard InChI is InChI=1S/C13H18N2O4/c1-19-12-8-9(6-10-4-2-3-5-14-10)7-11(13(12)16)15(17)18/h7-8,10,14,16H,2-6H2,1H3. The zero-order chi connectivity index (χ0) is 13.8. The second-order valence-electron chi connectivity index (χ2n) is 4.77. The van der Waals surface area contributed by atoms with Crippen molar-refractivity contribution < 1.29 is 14.8 Å². The smallest absolute Gasteiger partial charge is 0.314 e. The Morgan fingerprint density at radius 1 is 1.53 bits per heavy atom. The van der Waals surface area contributed by atoms with Gasteiger partial charge in [-0.1, -0.05) is 6.42 Å². The lowest BCUT2D eigenvalue weighted by atomic mass is 9.97. The predicted octanol–water partition coefficient (Wildman–Crippen LogP) is 1.99. The van der Waals surface area contributed by atoms with Crippen LogP contribution in [-0.4, -0.2) is 29.7 Å². The van der Waals surface area contributed by atoms with E-state index in [2.05, 4.69) is 5.32 Å². The summed E-state index contributed by atoms with van der Waals surface area (Å²) in [4.78, 5) is 10.3. The maximum Gasteiger partial charge on any atom is 0.314 e. The molecule has 2 N–H and O–H groups in total. The van der Waals surface area contributed by atoms with Crippen molar-refractivity contribution in [2.45, 2.75) is 31.7 Å². The third kappa shape index (κ3) is 3.14. The Kier molecular flexibility index (Phi) is 4.21. The summed E-state index contributed by atoms with van der Waals surface area (Å²) in [6.07, 6.45) is 4.12. The Hall–Kier alpha value is -1.82. The van der Waals surface area contributed by atoms with Crippen molar-refractivity contribution in [3.8, 4) is 11.5 Å². The third-order valence-corrected chi connectivity index (χ3v) is 3.43. The number of phenols is 1. The molecule has 1 aliphatic heterocycles. The predicted molar refractivity (Wildman–Crippen MR) is 70.7 cm³/mol. The summed E-state index contributed by atoms with van der Waals surface area (Å²) in [7, 11) is 1.39. The lowest BCUT2D eigenvalue weighted by Gasteiger charge is -2.23. The molecule has 6 heteroatoms. The highest BCUT2D eigenvalue weighted by molar-refractivity contribution is 5.57. The number of hydrogen-bond donors (Lipinski definition) is 2. The Morgan fingerprint density at radius 2 is 2.32 bits per heavy atom. The zero-order valence-electron chi connectivity index (χ0n) is 10.9. The number of aromatic hydroxyl groups is 1. The fraction of sp³-hybridized carbons (Fsp3) is 0.538. The van der Waals surface area contributed by atoms with Crippen LogP contribution in [0, 0.1) is 10.1 Å². The average molecular weight is 266 g/mol. The molecule has 6 nitrogen and oxygen atoms in total. The average Bonchev–Trinajstić information content (AvgIpc) is 2.41. The summed E-state index contributed by atoms with van der Waals surface area (Å²) in [5.41, 5.74) is 0.505. The van der Waals surface area contributed by atoms with Gasteiger partial charge in [-0.25, -0.2) is 0 Å². The maximum absolute atomic E-state index is 10.9. The fourth-order valence-electron chi connectivity index (χ4n) is 2.44. The van der Waals surface area contributed by atoms with Crippen LogP contribution in [-0.2, 0) is 6.42 Å². The summed E-state index contributed by atoms with van der Waals surface area (Å²) in [6.45, 7) is 0.988. The number of phenolic OH excluding ortho intramolecular Hbond substituents is 1.